The number of hydrogen-bond acceptors (Lipinski definition) is 4. The van der Waals surface area contributed by atoms with Gasteiger partial charge in [-0.05, 0) is 36.4 Å². The normalized spacial score (nSPS) is 11.1. The van der Waals surface area contributed by atoms with Gasteiger partial charge >= 0.3 is 0 Å². The number of carbonyl (C=O) groups is 1. The van der Waals surface area contributed by atoms with Gasteiger partial charge in [0.05, 0.1) is 16.4 Å². The average molecular weight is 398 g/mol. The van der Waals surface area contributed by atoms with Crippen molar-refractivity contribution in [3.8, 4) is 17.3 Å². The van der Waals surface area contributed by atoms with Crippen molar-refractivity contribution in [1.82, 2.24) is 14.8 Å². The number of rotatable bonds is 4. The molecule has 2 heterocycles. The van der Waals surface area contributed by atoms with E-state index in [2.05, 4.69) is 15.4 Å². The second kappa shape index (κ2) is 8.04. The Labute approximate surface area is 165 Å². The summed E-state index contributed by atoms with van der Waals surface area (Å²) in [6.07, 6.45) is 6.51. The third kappa shape index (κ3) is 4.34. The molecule has 0 spiro atoms. The number of pyridine rings is 1. The molecule has 1 aromatic carbocycles. The first-order chi connectivity index (χ1) is 13.0. The van der Waals surface area contributed by atoms with Crippen molar-refractivity contribution >= 4 is 40.9 Å². The first-order valence-electron chi connectivity index (χ1n) is 7.80. The van der Waals surface area contributed by atoms with Gasteiger partial charge in [0.15, 0.2) is 0 Å². The minimum absolute atomic E-state index is 0.0886. The van der Waals surface area contributed by atoms with Crippen molar-refractivity contribution in [2.24, 2.45) is 7.05 Å². The maximum Gasteiger partial charge on any atom is 0.266 e. The number of nitrogens with one attached hydrogen (secondary N) is 1. The number of aromatic nitrogens is 3. The highest BCUT2D eigenvalue weighted by Gasteiger charge is 2.15. The highest BCUT2D eigenvalue weighted by atomic mass is 35.5. The summed E-state index contributed by atoms with van der Waals surface area (Å²) in [5.41, 5.74) is 2.34. The van der Waals surface area contributed by atoms with Crippen LogP contribution in [0.15, 0.2) is 54.5 Å². The number of halogens is 2. The number of aryl methyl sites for hydroxylation is 1. The fourth-order valence-electron chi connectivity index (χ4n) is 2.43. The molecule has 8 heteroatoms. The van der Waals surface area contributed by atoms with Gasteiger partial charge < -0.3 is 5.32 Å². The molecule has 2 aromatic heterocycles. The summed E-state index contributed by atoms with van der Waals surface area (Å²) in [7, 11) is 1.76. The molecule has 0 aliphatic heterocycles. The van der Waals surface area contributed by atoms with Crippen LogP contribution in [0, 0.1) is 11.3 Å². The van der Waals surface area contributed by atoms with Crippen molar-refractivity contribution in [2.45, 2.75) is 0 Å². The molecule has 134 valence electrons. The molecule has 0 bridgehead atoms. The number of nitriles is 1. The van der Waals surface area contributed by atoms with Crippen molar-refractivity contribution in [1.29, 1.82) is 5.26 Å². The molecule has 3 aromatic rings. The Morgan fingerprint density at radius 2 is 2.00 bits per heavy atom. The number of nitrogens with zero attached hydrogens (tertiary/aromatic N) is 4. The molecule has 0 saturated carbocycles. The molecule has 0 aliphatic carbocycles. The average Bonchev–Trinajstić information content (AvgIpc) is 3.03. The molecule has 1 amide bonds. The highest BCUT2D eigenvalue weighted by molar-refractivity contribution is 6.36. The number of amides is 1. The van der Waals surface area contributed by atoms with Crippen LogP contribution in [0.3, 0.4) is 0 Å². The van der Waals surface area contributed by atoms with E-state index in [0.29, 0.717) is 27.0 Å². The Morgan fingerprint density at radius 1 is 1.26 bits per heavy atom. The number of benzene rings is 1. The summed E-state index contributed by atoms with van der Waals surface area (Å²) in [5.74, 6) is -0.591. The minimum atomic E-state index is -0.591. The largest absolute Gasteiger partial charge is 0.320 e. The predicted molar refractivity (Wildman–Crippen MR) is 105 cm³/mol. The van der Waals surface area contributed by atoms with Gasteiger partial charge in [0.2, 0.25) is 0 Å². The van der Waals surface area contributed by atoms with Crippen LogP contribution >= 0.6 is 23.2 Å². The zero-order valence-electron chi connectivity index (χ0n) is 14.1. The molecule has 0 unspecified atom stereocenters. The van der Waals surface area contributed by atoms with Crippen LogP contribution in [0.2, 0.25) is 10.0 Å². The molecule has 0 saturated heterocycles. The van der Waals surface area contributed by atoms with Gasteiger partial charge in [0.1, 0.15) is 11.6 Å². The van der Waals surface area contributed by atoms with E-state index in [9.17, 15) is 10.1 Å². The number of anilines is 1. The maximum absolute atomic E-state index is 12.5. The summed E-state index contributed by atoms with van der Waals surface area (Å²) in [6.45, 7) is 0. The van der Waals surface area contributed by atoms with Gasteiger partial charge in [-0.25, -0.2) is 0 Å². The number of carbonyl (C=O) groups excluding carboxylic acids is 1. The van der Waals surface area contributed by atoms with E-state index < -0.39 is 5.91 Å². The Morgan fingerprint density at radius 3 is 2.70 bits per heavy atom. The summed E-state index contributed by atoms with van der Waals surface area (Å²) in [6, 6.07) is 10.2. The molecule has 27 heavy (non-hydrogen) atoms. The molecule has 3 rings (SSSR count). The van der Waals surface area contributed by atoms with Gasteiger partial charge in [-0.1, -0.05) is 23.2 Å². The van der Waals surface area contributed by atoms with E-state index in [0.717, 1.165) is 5.56 Å². The molecule has 0 fully saturated rings. The Hall–Kier alpha value is -3.14. The van der Waals surface area contributed by atoms with Gasteiger partial charge in [-0.3, -0.25) is 14.5 Å². The van der Waals surface area contributed by atoms with E-state index in [1.807, 2.05) is 6.07 Å². The Balaban J connectivity index is 1.94. The van der Waals surface area contributed by atoms with Crippen LogP contribution in [0.25, 0.3) is 17.3 Å². The fourth-order valence-corrected chi connectivity index (χ4v) is 2.77. The molecule has 1 N–H and O–H groups in total. The first kappa shape index (κ1) is 18.6. The van der Waals surface area contributed by atoms with Crippen molar-refractivity contribution in [3.05, 3.63) is 70.1 Å². The number of hydrogen-bond donors (Lipinski definition) is 1. The Kier molecular flexibility index (Phi) is 5.55. The van der Waals surface area contributed by atoms with E-state index >= 15 is 0 Å². The van der Waals surface area contributed by atoms with E-state index in [1.54, 1.807) is 54.6 Å². The fraction of sp³-hybridized carbons (Fsp3) is 0.0526. The molecular weight excluding hydrogens is 385 g/mol. The third-order valence-electron chi connectivity index (χ3n) is 3.65. The van der Waals surface area contributed by atoms with Crippen LogP contribution in [0.5, 0.6) is 0 Å². The molecule has 0 radical (unpaired) electrons. The lowest BCUT2D eigenvalue weighted by Crippen LogP contribution is -2.13. The van der Waals surface area contributed by atoms with Crippen LogP contribution in [-0.4, -0.2) is 20.7 Å². The summed E-state index contributed by atoms with van der Waals surface area (Å²) in [4.78, 5) is 16.5. The van der Waals surface area contributed by atoms with E-state index in [4.69, 9.17) is 23.2 Å². The van der Waals surface area contributed by atoms with Gasteiger partial charge in [0.25, 0.3) is 5.91 Å². The lowest BCUT2D eigenvalue weighted by molar-refractivity contribution is -0.112. The highest BCUT2D eigenvalue weighted by Crippen LogP contribution is 2.27. The van der Waals surface area contributed by atoms with Gasteiger partial charge in [-0.15, -0.1) is 0 Å². The topological polar surface area (TPSA) is 83.6 Å². The van der Waals surface area contributed by atoms with E-state index in [-0.39, 0.29) is 5.57 Å². The zero-order chi connectivity index (χ0) is 19.4. The lowest BCUT2D eigenvalue weighted by Gasteiger charge is -2.07. The van der Waals surface area contributed by atoms with Crippen LogP contribution < -0.4 is 5.32 Å². The summed E-state index contributed by atoms with van der Waals surface area (Å²) in [5, 5.41) is 17.2. The SMILES string of the molecule is Cn1cc(C=C(C#N)C(=O)Nc2cc(Cl)ccc2Cl)c(-c2ccncc2)n1. The first-order valence-corrected chi connectivity index (χ1v) is 8.56. The standard InChI is InChI=1S/C19H13Cl2N5O/c1-26-11-14(18(25-26)12-4-6-23-7-5-12)8-13(10-22)19(27)24-17-9-15(20)2-3-16(17)21/h2-9,11H,1H3,(H,24,27). The maximum atomic E-state index is 12.5. The second-order valence-electron chi connectivity index (χ2n) is 5.59. The van der Waals surface area contributed by atoms with Crippen molar-refractivity contribution in [2.75, 3.05) is 5.32 Å². The van der Waals surface area contributed by atoms with Crippen molar-refractivity contribution < 1.29 is 4.79 Å². The monoisotopic (exact) mass is 397 g/mol. The minimum Gasteiger partial charge on any atom is -0.320 e. The van der Waals surface area contributed by atoms with Crippen molar-refractivity contribution in [3.63, 3.8) is 0 Å². The lowest BCUT2D eigenvalue weighted by atomic mass is 10.1. The predicted octanol–water partition coefficient (Wildman–Crippen LogP) is 4.33. The quantitative estimate of drug-likeness (QED) is 0.524. The second-order valence-corrected chi connectivity index (χ2v) is 6.43. The molecular formula is C19H13Cl2N5O. The molecule has 6 nitrogen and oxygen atoms in total. The van der Waals surface area contributed by atoms with Gasteiger partial charge in [0, 0.05) is 41.8 Å². The third-order valence-corrected chi connectivity index (χ3v) is 4.22. The smallest absolute Gasteiger partial charge is 0.266 e. The van der Waals surface area contributed by atoms with Crippen LogP contribution in [-0.2, 0) is 11.8 Å². The van der Waals surface area contributed by atoms with Crippen LogP contribution in [0.4, 0.5) is 5.69 Å². The molecule has 0 aliphatic rings. The summed E-state index contributed by atoms with van der Waals surface area (Å²) < 4.78 is 1.61. The zero-order valence-corrected chi connectivity index (χ0v) is 15.7. The van der Waals surface area contributed by atoms with Gasteiger partial charge in [-0.2, -0.15) is 10.4 Å². The van der Waals surface area contributed by atoms with Crippen LogP contribution in [0.1, 0.15) is 5.56 Å². The van der Waals surface area contributed by atoms with E-state index in [1.165, 1.54) is 12.1 Å². The summed E-state index contributed by atoms with van der Waals surface area (Å²) >= 11 is 12.0. The Bertz CT molecular complexity index is 1070. The molecule has 0 atom stereocenters.